The van der Waals surface area contributed by atoms with Gasteiger partial charge in [-0.25, -0.2) is 18.2 Å². The average molecular weight is 804 g/mol. The standard InChI is InChI=1S/C42H53N5O9S/c1-10-26-23-42(26,37(50)46-57(52,53)41(8)18-19-41)45-35(48)32-21-28(24-47(32)36(49)34(39(2,3)4)44-38(51)56-40(5,6)7)55-33-22-30(25-14-12-11-13-15-25)43-31-20-27(54-9)16-17-29(31)33/h10-17,20,22,26,28,32,34H,1,18-19,21,23-24H2,2-9H3,(H,44,51)(H,45,48)(H,46,50). The van der Waals surface area contributed by atoms with Crippen molar-refractivity contribution in [3.05, 3.63) is 67.3 Å². The van der Waals surface area contributed by atoms with Gasteiger partial charge in [0.15, 0.2) is 0 Å². The summed E-state index contributed by atoms with van der Waals surface area (Å²) in [6.45, 7) is 15.8. The number of amides is 4. The van der Waals surface area contributed by atoms with Crippen LogP contribution in [-0.2, 0) is 29.1 Å². The number of alkyl carbamates (subject to hydrolysis) is 1. The maximum atomic E-state index is 14.7. The molecule has 0 spiro atoms. The molecular weight excluding hydrogens is 751 g/mol. The quantitative estimate of drug-likeness (QED) is 0.205. The Kier molecular flexibility index (Phi) is 10.9. The fraction of sp³-hybridized carbons (Fsp3) is 0.500. The number of likely N-dealkylation sites (tertiary alicyclic amines) is 1. The van der Waals surface area contributed by atoms with Crippen molar-refractivity contribution < 1.29 is 41.8 Å². The maximum absolute atomic E-state index is 14.7. The molecule has 14 nitrogen and oxygen atoms in total. The first kappa shape index (κ1) is 41.5. The third-order valence-electron chi connectivity index (χ3n) is 10.8. The zero-order valence-electron chi connectivity index (χ0n) is 33.8. The van der Waals surface area contributed by atoms with Crippen molar-refractivity contribution in [1.82, 2.24) is 25.2 Å². The lowest BCUT2D eigenvalue weighted by Crippen LogP contribution is -2.60. The molecular formula is C42H53N5O9S. The zero-order valence-corrected chi connectivity index (χ0v) is 34.6. The number of hydrogen-bond acceptors (Lipinski definition) is 10. The second-order valence-corrected chi connectivity index (χ2v) is 19.8. The van der Waals surface area contributed by atoms with E-state index < -0.39 is 79.2 Å². The molecule has 5 atom stereocenters. The summed E-state index contributed by atoms with van der Waals surface area (Å²) in [5.74, 6) is -1.59. The molecule has 3 fully saturated rings. The van der Waals surface area contributed by atoms with Crippen molar-refractivity contribution in [2.24, 2.45) is 11.3 Å². The minimum atomic E-state index is -4.02. The number of fused-ring (bicyclic) bond motifs is 1. The van der Waals surface area contributed by atoms with Crippen LogP contribution < -0.4 is 24.8 Å². The van der Waals surface area contributed by atoms with Crippen molar-refractivity contribution >= 4 is 44.7 Å². The van der Waals surface area contributed by atoms with E-state index in [2.05, 4.69) is 21.9 Å². The van der Waals surface area contributed by atoms with Crippen LogP contribution in [0.4, 0.5) is 4.79 Å². The number of methoxy groups -OCH3 is 1. The summed E-state index contributed by atoms with van der Waals surface area (Å²) < 4.78 is 45.0. The number of aromatic nitrogens is 1. The molecule has 306 valence electrons. The number of carbonyl (C=O) groups is 4. The van der Waals surface area contributed by atoms with Gasteiger partial charge in [0.05, 0.1) is 29.6 Å². The lowest BCUT2D eigenvalue weighted by molar-refractivity contribution is -0.143. The number of sulfonamides is 1. The second-order valence-electron chi connectivity index (χ2n) is 17.6. The Bertz CT molecular complexity index is 2190. The van der Waals surface area contributed by atoms with Gasteiger partial charge in [0.25, 0.3) is 5.91 Å². The number of nitrogens with zero attached hydrogens (tertiary/aromatic N) is 2. The Labute approximate surface area is 334 Å². The molecule has 3 N–H and O–H groups in total. The topological polar surface area (TPSA) is 182 Å². The highest BCUT2D eigenvalue weighted by atomic mass is 32.2. The summed E-state index contributed by atoms with van der Waals surface area (Å²) in [4.78, 5) is 62.2. The van der Waals surface area contributed by atoms with Gasteiger partial charge in [-0.1, -0.05) is 57.2 Å². The Balaban J connectivity index is 1.35. The highest BCUT2D eigenvalue weighted by Crippen LogP contribution is 2.47. The molecule has 0 radical (unpaired) electrons. The van der Waals surface area contributed by atoms with Gasteiger partial charge in [0.1, 0.15) is 40.8 Å². The summed E-state index contributed by atoms with van der Waals surface area (Å²) in [6.07, 6.45) is 0.929. The fourth-order valence-electron chi connectivity index (χ4n) is 7.07. The molecule has 1 aliphatic heterocycles. The highest BCUT2D eigenvalue weighted by molar-refractivity contribution is 7.91. The second kappa shape index (κ2) is 15.0. The van der Waals surface area contributed by atoms with Crippen molar-refractivity contribution in [3.8, 4) is 22.8 Å². The molecule has 6 rings (SSSR count). The number of benzene rings is 2. The van der Waals surface area contributed by atoms with Gasteiger partial charge in [-0.05, 0) is 64.5 Å². The molecule has 3 aliphatic rings. The number of carbonyl (C=O) groups excluding carboxylic acids is 4. The summed E-state index contributed by atoms with van der Waals surface area (Å²) in [5.41, 5.74) is -1.19. The number of pyridine rings is 1. The van der Waals surface area contributed by atoms with E-state index in [9.17, 15) is 27.6 Å². The predicted molar refractivity (Wildman–Crippen MR) is 215 cm³/mol. The molecule has 0 bridgehead atoms. The van der Waals surface area contributed by atoms with Gasteiger partial charge >= 0.3 is 6.09 Å². The van der Waals surface area contributed by atoms with Gasteiger partial charge in [-0.2, -0.15) is 0 Å². The monoisotopic (exact) mass is 803 g/mol. The normalized spacial score (nSPS) is 23.2. The third kappa shape index (κ3) is 8.73. The fourth-order valence-corrected chi connectivity index (χ4v) is 8.38. The molecule has 2 saturated carbocycles. The van der Waals surface area contributed by atoms with Gasteiger partial charge < -0.3 is 29.7 Å². The van der Waals surface area contributed by atoms with Crippen LogP contribution in [0.25, 0.3) is 22.2 Å². The molecule has 5 unspecified atom stereocenters. The number of hydrogen-bond donors (Lipinski definition) is 3. The van der Waals surface area contributed by atoms with Gasteiger partial charge in [0.2, 0.25) is 21.8 Å². The van der Waals surface area contributed by atoms with Crippen LogP contribution in [0, 0.1) is 11.3 Å². The first-order valence-electron chi connectivity index (χ1n) is 19.1. The van der Waals surface area contributed by atoms with E-state index in [0.29, 0.717) is 40.9 Å². The van der Waals surface area contributed by atoms with E-state index in [1.807, 2.05) is 42.5 Å². The third-order valence-corrected chi connectivity index (χ3v) is 13.0. The van der Waals surface area contributed by atoms with Crippen LogP contribution in [0.1, 0.15) is 74.1 Å². The van der Waals surface area contributed by atoms with E-state index >= 15 is 0 Å². The molecule has 1 aromatic heterocycles. The number of rotatable bonds is 12. The minimum absolute atomic E-state index is 0.00827. The SMILES string of the molecule is C=CC1CC1(NC(=O)C1CC(Oc2cc(-c3ccccc3)nc3cc(OC)ccc23)CN1C(=O)C(NC(=O)OC(C)(C)C)C(C)(C)C)C(=O)NS(=O)(=O)C1(C)CC1. The van der Waals surface area contributed by atoms with Crippen LogP contribution in [0.5, 0.6) is 11.5 Å². The molecule has 3 aromatic rings. The van der Waals surface area contributed by atoms with E-state index in [1.54, 1.807) is 67.7 Å². The van der Waals surface area contributed by atoms with Crippen molar-refractivity contribution in [2.45, 2.75) is 108 Å². The minimum Gasteiger partial charge on any atom is -0.497 e. The van der Waals surface area contributed by atoms with Crippen molar-refractivity contribution in [2.75, 3.05) is 13.7 Å². The van der Waals surface area contributed by atoms with Crippen molar-refractivity contribution in [1.29, 1.82) is 0 Å². The van der Waals surface area contributed by atoms with Crippen LogP contribution >= 0.6 is 0 Å². The Morgan fingerprint density at radius 3 is 2.28 bits per heavy atom. The van der Waals surface area contributed by atoms with Crippen LogP contribution in [-0.4, -0.2) is 89.8 Å². The smallest absolute Gasteiger partial charge is 0.408 e. The van der Waals surface area contributed by atoms with Gasteiger partial charge in [-0.15, -0.1) is 6.58 Å². The number of ether oxygens (including phenoxy) is 3. The zero-order chi connectivity index (χ0) is 41.7. The maximum Gasteiger partial charge on any atom is 0.408 e. The molecule has 2 heterocycles. The summed E-state index contributed by atoms with van der Waals surface area (Å²) in [5, 5.41) is 6.23. The molecule has 57 heavy (non-hydrogen) atoms. The molecule has 2 aliphatic carbocycles. The van der Waals surface area contributed by atoms with E-state index in [-0.39, 0.29) is 19.4 Å². The summed E-state index contributed by atoms with van der Waals surface area (Å²) in [7, 11) is -2.45. The molecule has 1 saturated heterocycles. The van der Waals surface area contributed by atoms with E-state index in [0.717, 1.165) is 5.56 Å². The van der Waals surface area contributed by atoms with Gasteiger partial charge in [0, 0.05) is 35.4 Å². The largest absolute Gasteiger partial charge is 0.497 e. The van der Waals surface area contributed by atoms with E-state index in [4.69, 9.17) is 19.2 Å². The summed E-state index contributed by atoms with van der Waals surface area (Å²) in [6, 6.07) is 14.5. The Morgan fingerprint density at radius 2 is 1.70 bits per heavy atom. The molecule has 15 heteroatoms. The van der Waals surface area contributed by atoms with Crippen LogP contribution in [0.2, 0.25) is 0 Å². The first-order chi connectivity index (χ1) is 26.6. The first-order valence-corrected chi connectivity index (χ1v) is 20.6. The number of nitrogens with one attached hydrogen (secondary N) is 3. The Morgan fingerprint density at radius 1 is 1.02 bits per heavy atom. The van der Waals surface area contributed by atoms with E-state index in [1.165, 1.54) is 11.0 Å². The lowest BCUT2D eigenvalue weighted by Gasteiger charge is -2.36. The predicted octanol–water partition coefficient (Wildman–Crippen LogP) is 5.26. The summed E-state index contributed by atoms with van der Waals surface area (Å²) >= 11 is 0. The van der Waals surface area contributed by atoms with Crippen molar-refractivity contribution in [3.63, 3.8) is 0 Å². The average Bonchev–Trinajstić information content (AvgIpc) is 4.02. The van der Waals surface area contributed by atoms with Crippen LogP contribution in [0.15, 0.2) is 67.3 Å². The highest BCUT2D eigenvalue weighted by Gasteiger charge is 2.63. The van der Waals surface area contributed by atoms with Gasteiger partial charge in [-0.3, -0.25) is 19.1 Å². The molecule has 4 amide bonds. The lowest BCUT2D eigenvalue weighted by atomic mass is 9.85. The Hall–Kier alpha value is -5.18. The van der Waals surface area contributed by atoms with Crippen LogP contribution in [0.3, 0.4) is 0 Å². The molecule has 2 aromatic carbocycles.